The van der Waals surface area contributed by atoms with Crippen molar-refractivity contribution in [2.45, 2.75) is 19.4 Å². The highest BCUT2D eigenvalue weighted by Crippen LogP contribution is 2.37. The van der Waals surface area contributed by atoms with Crippen molar-refractivity contribution in [3.8, 4) is 11.5 Å². The average Bonchev–Trinajstić information content (AvgIpc) is 2.41. The van der Waals surface area contributed by atoms with Crippen molar-refractivity contribution < 1.29 is 19.4 Å². The minimum atomic E-state index is -0.846. The van der Waals surface area contributed by atoms with E-state index in [0.717, 1.165) is 0 Å². The van der Waals surface area contributed by atoms with E-state index in [9.17, 15) is 15.0 Å². The maximum absolute atomic E-state index is 11.4. The second-order valence-electron chi connectivity index (χ2n) is 4.65. The zero-order valence-electron chi connectivity index (χ0n) is 11.3. The first kappa shape index (κ1) is 14.1. The van der Waals surface area contributed by atoms with Crippen LogP contribution in [0.2, 0.25) is 0 Å². The van der Waals surface area contributed by atoms with Crippen LogP contribution >= 0.6 is 0 Å². The second-order valence-corrected chi connectivity index (χ2v) is 4.65. The van der Waals surface area contributed by atoms with Crippen molar-refractivity contribution in [3.05, 3.63) is 46.3 Å². The molecule has 2 rings (SSSR count). The third-order valence-electron chi connectivity index (χ3n) is 3.13. The third-order valence-corrected chi connectivity index (χ3v) is 3.13. The summed E-state index contributed by atoms with van der Waals surface area (Å²) in [4.78, 5) is 11.4. The summed E-state index contributed by atoms with van der Waals surface area (Å²) in [6.45, 7) is 5.35. The van der Waals surface area contributed by atoms with Gasteiger partial charge in [0.1, 0.15) is 5.58 Å². The van der Waals surface area contributed by atoms with Gasteiger partial charge in [-0.05, 0) is 19.1 Å². The molecular formula is C15H16O5. The van der Waals surface area contributed by atoms with E-state index >= 15 is 0 Å². The Balaban J connectivity index is 2.70. The summed E-state index contributed by atoms with van der Waals surface area (Å²) in [7, 11) is 1.43. The molecule has 0 radical (unpaired) electrons. The zero-order valence-corrected chi connectivity index (χ0v) is 11.3. The number of ether oxygens (including phenoxy) is 1. The van der Waals surface area contributed by atoms with E-state index in [1.54, 1.807) is 19.1 Å². The van der Waals surface area contributed by atoms with E-state index in [2.05, 4.69) is 6.58 Å². The van der Waals surface area contributed by atoms with Crippen LogP contribution in [0.25, 0.3) is 11.0 Å². The normalized spacial score (nSPS) is 12.3. The lowest BCUT2D eigenvalue weighted by atomic mass is 10.00. The van der Waals surface area contributed by atoms with Crippen LogP contribution in [0.3, 0.4) is 0 Å². The molecule has 20 heavy (non-hydrogen) atoms. The van der Waals surface area contributed by atoms with Gasteiger partial charge in [-0.15, -0.1) is 0 Å². The van der Waals surface area contributed by atoms with Crippen LogP contribution in [0.1, 0.15) is 12.5 Å². The molecule has 2 N–H and O–H groups in total. The number of phenols is 1. The molecular weight excluding hydrogens is 260 g/mol. The van der Waals surface area contributed by atoms with Crippen molar-refractivity contribution in [2.24, 2.45) is 0 Å². The van der Waals surface area contributed by atoms with Crippen LogP contribution < -0.4 is 10.4 Å². The third kappa shape index (κ3) is 2.53. The number of hydrogen-bond acceptors (Lipinski definition) is 5. The Bertz CT molecular complexity index is 714. The SMILES string of the molecule is C=C(C)[C@H](O)Cc1c(O)c(OC)cc2ccc(=O)oc12. The molecule has 0 saturated carbocycles. The van der Waals surface area contributed by atoms with E-state index < -0.39 is 11.7 Å². The fourth-order valence-electron chi connectivity index (χ4n) is 1.95. The maximum atomic E-state index is 11.4. The minimum absolute atomic E-state index is 0.0851. The Morgan fingerprint density at radius 1 is 1.50 bits per heavy atom. The lowest BCUT2D eigenvalue weighted by Crippen LogP contribution is -2.12. The lowest BCUT2D eigenvalue weighted by Gasteiger charge is -2.15. The standard InChI is InChI=1S/C15H16O5/c1-8(2)11(16)7-10-14(18)12(19-3)6-9-4-5-13(17)20-15(9)10/h4-6,11,16,18H,1,7H2,2-3H3/t11-/m1/s1. The average molecular weight is 276 g/mol. The summed E-state index contributed by atoms with van der Waals surface area (Å²) < 4.78 is 10.2. The molecule has 0 unspecified atom stereocenters. The summed E-state index contributed by atoms with van der Waals surface area (Å²) in [5.41, 5.74) is 0.607. The van der Waals surface area contributed by atoms with Gasteiger partial charge >= 0.3 is 5.63 Å². The molecule has 1 aromatic carbocycles. The topological polar surface area (TPSA) is 79.9 Å². The molecule has 0 saturated heterocycles. The highest BCUT2D eigenvalue weighted by atomic mass is 16.5. The largest absolute Gasteiger partial charge is 0.504 e. The molecule has 0 fully saturated rings. The molecule has 0 amide bonds. The summed E-state index contributed by atoms with van der Waals surface area (Å²) in [6.07, 6.45) is -0.760. The fraction of sp³-hybridized carbons (Fsp3) is 0.267. The first-order valence-electron chi connectivity index (χ1n) is 6.10. The number of phenolic OH excluding ortho intramolecular Hbond substituents is 1. The van der Waals surface area contributed by atoms with Gasteiger partial charge in [0.2, 0.25) is 0 Å². The summed E-state index contributed by atoms with van der Waals surface area (Å²) >= 11 is 0. The van der Waals surface area contributed by atoms with Gasteiger partial charge in [-0.1, -0.05) is 12.2 Å². The van der Waals surface area contributed by atoms with Gasteiger partial charge in [-0.2, -0.15) is 0 Å². The monoisotopic (exact) mass is 276 g/mol. The lowest BCUT2D eigenvalue weighted by molar-refractivity contribution is 0.210. The van der Waals surface area contributed by atoms with Crippen LogP contribution in [0.5, 0.6) is 11.5 Å². The van der Waals surface area contributed by atoms with E-state index in [-0.39, 0.29) is 23.5 Å². The van der Waals surface area contributed by atoms with Crippen LogP contribution in [-0.4, -0.2) is 23.4 Å². The number of hydrogen-bond donors (Lipinski definition) is 2. The van der Waals surface area contributed by atoms with Crippen LogP contribution in [0.15, 0.2) is 39.6 Å². The molecule has 0 bridgehead atoms. The number of rotatable bonds is 4. The van der Waals surface area contributed by atoms with Crippen molar-refractivity contribution >= 4 is 11.0 Å². The Kier molecular flexibility index (Phi) is 3.81. The fourth-order valence-corrected chi connectivity index (χ4v) is 1.95. The summed E-state index contributed by atoms with van der Waals surface area (Å²) in [6, 6.07) is 4.45. The van der Waals surface area contributed by atoms with Gasteiger partial charge in [0, 0.05) is 23.4 Å². The Morgan fingerprint density at radius 2 is 2.20 bits per heavy atom. The molecule has 0 aliphatic rings. The van der Waals surface area contributed by atoms with E-state index in [1.807, 2.05) is 0 Å². The molecule has 0 aliphatic carbocycles. The molecule has 5 heteroatoms. The number of aliphatic hydroxyl groups is 1. The molecule has 106 valence electrons. The van der Waals surface area contributed by atoms with Gasteiger partial charge in [0.05, 0.1) is 13.2 Å². The van der Waals surface area contributed by atoms with Crippen molar-refractivity contribution in [2.75, 3.05) is 7.11 Å². The Morgan fingerprint density at radius 3 is 2.80 bits per heavy atom. The summed E-state index contributed by atoms with van der Waals surface area (Å²) in [5, 5.41) is 20.7. The highest BCUT2D eigenvalue weighted by Gasteiger charge is 2.19. The van der Waals surface area contributed by atoms with Crippen LogP contribution in [0, 0.1) is 0 Å². The van der Waals surface area contributed by atoms with Gasteiger partial charge < -0.3 is 19.4 Å². The number of aromatic hydroxyl groups is 1. The zero-order chi connectivity index (χ0) is 14.9. The number of benzene rings is 1. The number of methoxy groups -OCH3 is 1. The molecule has 0 aliphatic heterocycles. The first-order chi connectivity index (χ1) is 9.43. The highest BCUT2D eigenvalue weighted by molar-refractivity contribution is 5.84. The quantitative estimate of drug-likeness (QED) is 0.659. The molecule has 5 nitrogen and oxygen atoms in total. The molecule has 1 atom stereocenters. The Hall–Kier alpha value is -2.27. The van der Waals surface area contributed by atoms with E-state index in [0.29, 0.717) is 16.5 Å². The Labute approximate surface area is 115 Å². The van der Waals surface area contributed by atoms with Crippen molar-refractivity contribution in [3.63, 3.8) is 0 Å². The number of fused-ring (bicyclic) bond motifs is 1. The van der Waals surface area contributed by atoms with Gasteiger partial charge in [0.25, 0.3) is 0 Å². The van der Waals surface area contributed by atoms with Gasteiger partial charge in [0.15, 0.2) is 11.5 Å². The van der Waals surface area contributed by atoms with Crippen molar-refractivity contribution in [1.82, 2.24) is 0 Å². The molecule has 2 aromatic rings. The van der Waals surface area contributed by atoms with Gasteiger partial charge in [-0.3, -0.25) is 0 Å². The predicted molar refractivity (Wildman–Crippen MR) is 75.2 cm³/mol. The number of aliphatic hydroxyl groups excluding tert-OH is 1. The molecule has 0 spiro atoms. The maximum Gasteiger partial charge on any atom is 0.336 e. The second kappa shape index (κ2) is 5.38. The summed E-state index contributed by atoms with van der Waals surface area (Å²) in [5.74, 6) is 0.116. The smallest absolute Gasteiger partial charge is 0.336 e. The van der Waals surface area contributed by atoms with Crippen LogP contribution in [-0.2, 0) is 6.42 Å². The van der Waals surface area contributed by atoms with Crippen molar-refractivity contribution in [1.29, 1.82) is 0 Å². The van der Waals surface area contributed by atoms with Crippen LogP contribution in [0.4, 0.5) is 0 Å². The predicted octanol–water partition coefficient (Wildman–Crippen LogP) is 1.99. The van der Waals surface area contributed by atoms with E-state index in [4.69, 9.17) is 9.15 Å². The minimum Gasteiger partial charge on any atom is -0.504 e. The van der Waals surface area contributed by atoms with Gasteiger partial charge in [-0.25, -0.2) is 4.79 Å². The van der Waals surface area contributed by atoms with E-state index in [1.165, 1.54) is 13.2 Å². The molecule has 1 heterocycles. The first-order valence-corrected chi connectivity index (χ1v) is 6.10. The molecule has 1 aromatic heterocycles.